The summed E-state index contributed by atoms with van der Waals surface area (Å²) in [5.74, 6) is -0.726. The van der Waals surface area contributed by atoms with Crippen molar-refractivity contribution in [3.63, 3.8) is 0 Å². The Morgan fingerprint density at radius 1 is 1.26 bits per heavy atom. The number of hydrogen-bond donors (Lipinski definition) is 1. The van der Waals surface area contributed by atoms with Crippen molar-refractivity contribution in [2.45, 2.75) is 6.54 Å². The Morgan fingerprint density at radius 3 is 2.78 bits per heavy atom. The smallest absolute Gasteiger partial charge is 0.244 e. The molecule has 6 heteroatoms. The molecule has 0 aliphatic heterocycles. The number of para-hydroxylation sites is 1. The van der Waals surface area contributed by atoms with Crippen LogP contribution >= 0.6 is 11.6 Å². The SMILES string of the molecule is O=Cc1cn(CC(=O)Nc2ccccc2Cl)c2ccc(F)cc12. The maximum absolute atomic E-state index is 13.3. The molecule has 3 aromatic rings. The third-order valence-corrected chi connectivity index (χ3v) is 3.79. The Kier molecular flexibility index (Phi) is 4.12. The van der Waals surface area contributed by atoms with Gasteiger partial charge in [-0.2, -0.15) is 0 Å². The van der Waals surface area contributed by atoms with E-state index in [0.717, 1.165) is 0 Å². The van der Waals surface area contributed by atoms with Gasteiger partial charge in [0.2, 0.25) is 5.91 Å². The Bertz CT molecular complexity index is 905. The van der Waals surface area contributed by atoms with Crippen LogP contribution in [0.1, 0.15) is 10.4 Å². The van der Waals surface area contributed by atoms with Crippen molar-refractivity contribution in [3.8, 4) is 0 Å². The number of carbonyl (C=O) groups is 2. The van der Waals surface area contributed by atoms with E-state index in [2.05, 4.69) is 5.32 Å². The molecule has 0 spiro atoms. The fourth-order valence-electron chi connectivity index (χ4n) is 2.43. The van der Waals surface area contributed by atoms with Crippen LogP contribution in [0.4, 0.5) is 10.1 Å². The number of amides is 1. The highest BCUT2D eigenvalue weighted by molar-refractivity contribution is 6.33. The summed E-state index contributed by atoms with van der Waals surface area (Å²) in [5, 5.41) is 3.62. The van der Waals surface area contributed by atoms with Gasteiger partial charge in [0.05, 0.1) is 10.7 Å². The minimum absolute atomic E-state index is 0.0127. The van der Waals surface area contributed by atoms with Gasteiger partial charge >= 0.3 is 0 Å². The van der Waals surface area contributed by atoms with E-state index in [1.807, 2.05) is 0 Å². The predicted molar refractivity (Wildman–Crippen MR) is 87.4 cm³/mol. The van der Waals surface area contributed by atoms with Crippen LogP contribution in [0.25, 0.3) is 10.9 Å². The van der Waals surface area contributed by atoms with Crippen LogP contribution in [-0.2, 0) is 11.3 Å². The van der Waals surface area contributed by atoms with E-state index in [-0.39, 0.29) is 12.5 Å². The maximum Gasteiger partial charge on any atom is 0.244 e. The van der Waals surface area contributed by atoms with Crippen molar-refractivity contribution in [3.05, 3.63) is 65.1 Å². The van der Waals surface area contributed by atoms with Gasteiger partial charge in [0.15, 0.2) is 6.29 Å². The third kappa shape index (κ3) is 3.10. The number of carbonyl (C=O) groups excluding carboxylic acids is 2. The molecule has 0 unspecified atom stereocenters. The predicted octanol–water partition coefficient (Wildman–Crippen LogP) is 3.89. The molecule has 0 fully saturated rings. The first-order valence-corrected chi connectivity index (χ1v) is 7.24. The first-order chi connectivity index (χ1) is 11.1. The lowest BCUT2D eigenvalue weighted by Crippen LogP contribution is -2.18. The molecule has 116 valence electrons. The van der Waals surface area contributed by atoms with Crippen LogP contribution in [0.3, 0.4) is 0 Å². The minimum Gasteiger partial charge on any atom is -0.337 e. The van der Waals surface area contributed by atoms with Crippen molar-refractivity contribution >= 4 is 40.4 Å². The molecule has 23 heavy (non-hydrogen) atoms. The Hall–Kier alpha value is -2.66. The largest absolute Gasteiger partial charge is 0.337 e. The number of fused-ring (bicyclic) bond motifs is 1. The van der Waals surface area contributed by atoms with Crippen molar-refractivity contribution in [1.82, 2.24) is 4.57 Å². The van der Waals surface area contributed by atoms with Gasteiger partial charge in [0.1, 0.15) is 12.4 Å². The highest BCUT2D eigenvalue weighted by atomic mass is 35.5. The van der Waals surface area contributed by atoms with E-state index in [1.165, 1.54) is 18.3 Å². The summed E-state index contributed by atoms with van der Waals surface area (Å²) in [7, 11) is 0. The van der Waals surface area contributed by atoms with Crippen LogP contribution in [0.5, 0.6) is 0 Å². The summed E-state index contributed by atoms with van der Waals surface area (Å²) >= 11 is 6.00. The molecule has 1 amide bonds. The Morgan fingerprint density at radius 2 is 2.04 bits per heavy atom. The fourth-order valence-corrected chi connectivity index (χ4v) is 2.61. The normalized spacial score (nSPS) is 10.7. The van der Waals surface area contributed by atoms with E-state index in [4.69, 9.17) is 11.6 Å². The highest BCUT2D eigenvalue weighted by Gasteiger charge is 2.12. The molecule has 0 saturated heterocycles. The van der Waals surface area contributed by atoms with Gasteiger partial charge in [-0.3, -0.25) is 9.59 Å². The molecule has 0 aliphatic rings. The number of rotatable bonds is 4. The van der Waals surface area contributed by atoms with E-state index >= 15 is 0 Å². The quantitative estimate of drug-likeness (QED) is 0.738. The molecule has 1 aromatic heterocycles. The highest BCUT2D eigenvalue weighted by Crippen LogP contribution is 2.23. The molecule has 3 rings (SSSR count). The molecule has 1 heterocycles. The zero-order valence-corrected chi connectivity index (χ0v) is 12.7. The number of nitrogens with zero attached hydrogens (tertiary/aromatic N) is 1. The second-order valence-corrected chi connectivity index (χ2v) is 5.43. The lowest BCUT2D eigenvalue weighted by atomic mass is 10.2. The summed E-state index contributed by atoms with van der Waals surface area (Å²) in [4.78, 5) is 23.3. The number of hydrogen-bond acceptors (Lipinski definition) is 2. The van der Waals surface area contributed by atoms with E-state index in [1.54, 1.807) is 34.9 Å². The van der Waals surface area contributed by atoms with Crippen molar-refractivity contribution < 1.29 is 14.0 Å². The molecule has 0 saturated carbocycles. The average Bonchev–Trinajstić information content (AvgIpc) is 2.86. The maximum atomic E-state index is 13.3. The molecule has 0 bridgehead atoms. The third-order valence-electron chi connectivity index (χ3n) is 3.46. The van der Waals surface area contributed by atoms with Crippen molar-refractivity contribution in [2.75, 3.05) is 5.32 Å². The fraction of sp³-hybridized carbons (Fsp3) is 0.0588. The standard InChI is InChI=1S/C17H12ClFN2O2/c18-14-3-1-2-4-15(14)20-17(23)9-21-8-11(10-22)13-7-12(19)5-6-16(13)21/h1-8,10H,9H2,(H,20,23). The molecular weight excluding hydrogens is 319 g/mol. The Balaban J connectivity index is 1.88. The summed E-state index contributed by atoms with van der Waals surface area (Å²) in [6.07, 6.45) is 2.17. The first-order valence-electron chi connectivity index (χ1n) is 6.86. The van der Waals surface area contributed by atoms with Crippen LogP contribution in [0.15, 0.2) is 48.7 Å². The summed E-state index contributed by atoms with van der Waals surface area (Å²) in [5.41, 5.74) is 1.46. The van der Waals surface area contributed by atoms with Gasteiger partial charge in [-0.05, 0) is 30.3 Å². The van der Waals surface area contributed by atoms with Crippen LogP contribution in [-0.4, -0.2) is 16.8 Å². The average molecular weight is 331 g/mol. The van der Waals surface area contributed by atoms with Gasteiger partial charge in [-0.15, -0.1) is 0 Å². The zero-order valence-electron chi connectivity index (χ0n) is 11.9. The summed E-state index contributed by atoms with van der Waals surface area (Å²) in [6.45, 7) is -0.0127. The molecule has 2 aromatic carbocycles. The van der Waals surface area contributed by atoms with E-state index in [0.29, 0.717) is 33.5 Å². The molecular formula is C17H12ClFN2O2. The van der Waals surface area contributed by atoms with Crippen LogP contribution in [0.2, 0.25) is 5.02 Å². The van der Waals surface area contributed by atoms with Gasteiger partial charge in [0.25, 0.3) is 0 Å². The lowest BCUT2D eigenvalue weighted by molar-refractivity contribution is -0.116. The lowest BCUT2D eigenvalue weighted by Gasteiger charge is -2.08. The van der Waals surface area contributed by atoms with Crippen LogP contribution < -0.4 is 5.32 Å². The molecule has 4 nitrogen and oxygen atoms in total. The van der Waals surface area contributed by atoms with E-state index in [9.17, 15) is 14.0 Å². The first kappa shape index (κ1) is 15.2. The van der Waals surface area contributed by atoms with Gasteiger partial charge in [0, 0.05) is 22.7 Å². The van der Waals surface area contributed by atoms with Gasteiger partial charge in [-0.1, -0.05) is 23.7 Å². The number of aromatic nitrogens is 1. The molecule has 0 atom stereocenters. The summed E-state index contributed by atoms with van der Waals surface area (Å²) in [6, 6.07) is 11.0. The number of benzene rings is 2. The van der Waals surface area contributed by atoms with Crippen molar-refractivity contribution in [1.29, 1.82) is 0 Å². The second kappa shape index (κ2) is 6.22. The minimum atomic E-state index is -0.432. The monoisotopic (exact) mass is 330 g/mol. The zero-order chi connectivity index (χ0) is 16.4. The van der Waals surface area contributed by atoms with Crippen LogP contribution in [0, 0.1) is 5.82 Å². The molecule has 0 radical (unpaired) electrons. The van der Waals surface area contributed by atoms with Gasteiger partial charge < -0.3 is 9.88 Å². The molecule has 1 N–H and O–H groups in total. The number of nitrogens with one attached hydrogen (secondary N) is 1. The Labute approximate surface area is 136 Å². The number of halogens is 2. The van der Waals surface area contributed by atoms with Crippen molar-refractivity contribution in [2.24, 2.45) is 0 Å². The number of anilines is 1. The van der Waals surface area contributed by atoms with Gasteiger partial charge in [-0.25, -0.2) is 4.39 Å². The van der Waals surface area contributed by atoms with E-state index < -0.39 is 5.82 Å². The second-order valence-electron chi connectivity index (χ2n) is 5.02. The number of aldehydes is 1. The summed E-state index contributed by atoms with van der Waals surface area (Å²) < 4.78 is 14.9. The molecule has 0 aliphatic carbocycles. The topological polar surface area (TPSA) is 51.1 Å².